The normalized spacial score (nSPS) is 10.2. The number of carboxylic acids is 1. The summed E-state index contributed by atoms with van der Waals surface area (Å²) in [6.45, 7) is 2.65. The van der Waals surface area contributed by atoms with Gasteiger partial charge in [0.25, 0.3) is 5.69 Å². The lowest BCUT2D eigenvalue weighted by atomic mass is 10.1. The van der Waals surface area contributed by atoms with Crippen molar-refractivity contribution in [2.45, 2.75) is 20.5 Å². The third-order valence-electron chi connectivity index (χ3n) is 2.22. The summed E-state index contributed by atoms with van der Waals surface area (Å²) in [4.78, 5) is 24.6. The number of aromatic nitrogens is 1. The Balaban J connectivity index is 2.91. The summed E-state index contributed by atoms with van der Waals surface area (Å²) in [6.07, 6.45) is 1.38. The van der Waals surface area contributed by atoms with E-state index in [-0.39, 0.29) is 12.3 Å². The van der Waals surface area contributed by atoms with Gasteiger partial charge in [-0.3, -0.25) is 15.1 Å². The Hall–Kier alpha value is -2.02. The Bertz CT molecular complexity index is 458. The fourth-order valence-electron chi connectivity index (χ4n) is 1.43. The summed E-state index contributed by atoms with van der Waals surface area (Å²) < 4.78 is 4.85. The minimum Gasteiger partial charge on any atom is -0.480 e. The second-order valence-corrected chi connectivity index (χ2v) is 3.51. The molecule has 1 aromatic rings. The number of aryl methyl sites for hydroxylation is 1. The van der Waals surface area contributed by atoms with Gasteiger partial charge in [0.15, 0.2) is 0 Å². The van der Waals surface area contributed by atoms with Crippen LogP contribution in [0.15, 0.2) is 6.20 Å². The van der Waals surface area contributed by atoms with Crippen molar-refractivity contribution in [3.05, 3.63) is 33.1 Å². The van der Waals surface area contributed by atoms with Crippen molar-refractivity contribution in [1.29, 1.82) is 0 Å². The molecule has 1 rings (SSSR count). The highest BCUT2D eigenvalue weighted by Gasteiger charge is 2.18. The van der Waals surface area contributed by atoms with E-state index in [9.17, 15) is 14.9 Å². The average molecular weight is 240 g/mol. The van der Waals surface area contributed by atoms with Crippen molar-refractivity contribution >= 4 is 11.7 Å². The molecule has 0 amide bonds. The van der Waals surface area contributed by atoms with Gasteiger partial charge in [-0.2, -0.15) is 0 Å². The van der Waals surface area contributed by atoms with Crippen LogP contribution in [0.2, 0.25) is 0 Å². The number of carboxylic acid groups (broad SMARTS) is 1. The van der Waals surface area contributed by atoms with Crippen LogP contribution in [0.25, 0.3) is 0 Å². The molecule has 1 aromatic heterocycles. The fourth-order valence-corrected chi connectivity index (χ4v) is 1.43. The van der Waals surface area contributed by atoms with Gasteiger partial charge in [-0.25, -0.2) is 4.79 Å². The average Bonchev–Trinajstić information content (AvgIpc) is 2.20. The molecule has 7 heteroatoms. The van der Waals surface area contributed by atoms with Gasteiger partial charge in [0, 0.05) is 11.8 Å². The predicted octanol–water partition coefficient (Wildman–Crippen LogP) is 1.21. The summed E-state index contributed by atoms with van der Waals surface area (Å²) in [6, 6.07) is 0. The maximum Gasteiger partial charge on any atom is 0.329 e. The van der Waals surface area contributed by atoms with Crippen LogP contribution in [0.5, 0.6) is 0 Å². The molecule has 92 valence electrons. The number of carbonyl (C=O) groups is 1. The van der Waals surface area contributed by atoms with E-state index in [0.717, 1.165) is 0 Å². The van der Waals surface area contributed by atoms with Crippen LogP contribution in [-0.4, -0.2) is 27.6 Å². The quantitative estimate of drug-likeness (QED) is 0.612. The highest BCUT2D eigenvalue weighted by Crippen LogP contribution is 2.24. The van der Waals surface area contributed by atoms with Crippen molar-refractivity contribution in [1.82, 2.24) is 4.98 Å². The molecule has 0 aliphatic carbocycles. The van der Waals surface area contributed by atoms with E-state index in [0.29, 0.717) is 16.8 Å². The first-order valence-electron chi connectivity index (χ1n) is 4.82. The molecular formula is C10H12N2O5. The highest BCUT2D eigenvalue weighted by molar-refractivity contribution is 5.68. The van der Waals surface area contributed by atoms with Crippen molar-refractivity contribution in [2.24, 2.45) is 0 Å². The second-order valence-electron chi connectivity index (χ2n) is 3.51. The third-order valence-corrected chi connectivity index (χ3v) is 2.22. The number of hydrogen-bond donors (Lipinski definition) is 1. The molecule has 7 nitrogen and oxygen atoms in total. The topological polar surface area (TPSA) is 103 Å². The Labute approximate surface area is 97.2 Å². The minimum atomic E-state index is -1.09. The molecule has 0 bridgehead atoms. The zero-order valence-electron chi connectivity index (χ0n) is 9.47. The van der Waals surface area contributed by atoms with E-state index in [1.54, 1.807) is 13.8 Å². The number of rotatable bonds is 5. The van der Waals surface area contributed by atoms with Gasteiger partial charge in [0.05, 0.1) is 22.8 Å². The maximum absolute atomic E-state index is 10.8. The van der Waals surface area contributed by atoms with Crippen molar-refractivity contribution in [3.63, 3.8) is 0 Å². The van der Waals surface area contributed by atoms with Gasteiger partial charge in [-0.05, 0) is 13.8 Å². The zero-order valence-corrected chi connectivity index (χ0v) is 9.47. The summed E-state index contributed by atoms with van der Waals surface area (Å²) in [5.74, 6) is -1.09. The van der Waals surface area contributed by atoms with Crippen molar-refractivity contribution in [2.75, 3.05) is 6.61 Å². The Morgan fingerprint density at radius 3 is 2.76 bits per heavy atom. The first kappa shape index (κ1) is 13.0. The van der Waals surface area contributed by atoms with E-state index in [1.165, 1.54) is 6.20 Å². The van der Waals surface area contributed by atoms with E-state index >= 15 is 0 Å². The molecule has 1 N–H and O–H groups in total. The summed E-state index contributed by atoms with van der Waals surface area (Å²) in [7, 11) is 0. The van der Waals surface area contributed by atoms with E-state index < -0.39 is 17.5 Å². The number of ether oxygens (including phenoxy) is 1. The van der Waals surface area contributed by atoms with E-state index in [1.807, 2.05) is 0 Å². The molecule has 0 saturated heterocycles. The second kappa shape index (κ2) is 5.35. The van der Waals surface area contributed by atoms with Crippen LogP contribution in [0.4, 0.5) is 5.69 Å². The summed E-state index contributed by atoms with van der Waals surface area (Å²) >= 11 is 0. The van der Waals surface area contributed by atoms with Gasteiger partial charge in [-0.1, -0.05) is 0 Å². The molecule has 0 unspecified atom stereocenters. The fraction of sp³-hybridized carbons (Fsp3) is 0.400. The van der Waals surface area contributed by atoms with Crippen LogP contribution in [0.1, 0.15) is 16.8 Å². The first-order chi connectivity index (χ1) is 7.93. The van der Waals surface area contributed by atoms with Crippen molar-refractivity contribution < 1.29 is 19.6 Å². The Morgan fingerprint density at radius 2 is 2.24 bits per heavy atom. The number of aliphatic carboxylic acids is 1. The number of nitrogens with zero attached hydrogens (tertiary/aromatic N) is 2. The van der Waals surface area contributed by atoms with E-state index in [2.05, 4.69) is 4.98 Å². The molecule has 0 spiro atoms. The van der Waals surface area contributed by atoms with Gasteiger partial charge in [-0.15, -0.1) is 0 Å². The van der Waals surface area contributed by atoms with Crippen LogP contribution < -0.4 is 0 Å². The lowest BCUT2D eigenvalue weighted by Gasteiger charge is -2.07. The molecular weight excluding hydrogens is 228 g/mol. The molecule has 0 saturated carbocycles. The van der Waals surface area contributed by atoms with Crippen LogP contribution in [0.3, 0.4) is 0 Å². The molecule has 0 fully saturated rings. The molecule has 0 aliphatic heterocycles. The van der Waals surface area contributed by atoms with Gasteiger partial charge in [0.1, 0.15) is 6.61 Å². The third kappa shape index (κ3) is 3.22. The number of pyridine rings is 1. The number of nitro groups is 1. The molecule has 0 radical (unpaired) electrons. The maximum atomic E-state index is 10.8. The Kier molecular flexibility index (Phi) is 4.11. The SMILES string of the molecule is Cc1cnc(COCC(=O)O)c(C)c1[N+](=O)[O-]. The lowest BCUT2D eigenvalue weighted by Crippen LogP contribution is -2.09. The summed E-state index contributed by atoms with van der Waals surface area (Å²) in [5.41, 5.74) is 1.24. The van der Waals surface area contributed by atoms with Crippen LogP contribution >= 0.6 is 0 Å². The molecule has 1 heterocycles. The summed E-state index contributed by atoms with van der Waals surface area (Å²) in [5, 5.41) is 19.2. The molecule has 0 aliphatic rings. The predicted molar refractivity (Wildman–Crippen MR) is 57.7 cm³/mol. The van der Waals surface area contributed by atoms with Gasteiger partial charge >= 0.3 is 5.97 Å². The highest BCUT2D eigenvalue weighted by atomic mass is 16.6. The monoisotopic (exact) mass is 240 g/mol. The standard InChI is InChI=1S/C10H12N2O5/c1-6-3-11-8(4-17-5-9(13)14)7(2)10(6)12(15)16/h3H,4-5H2,1-2H3,(H,13,14). The van der Waals surface area contributed by atoms with Crippen LogP contribution in [-0.2, 0) is 16.1 Å². The van der Waals surface area contributed by atoms with Crippen LogP contribution in [0, 0.1) is 24.0 Å². The van der Waals surface area contributed by atoms with Gasteiger partial charge in [0.2, 0.25) is 0 Å². The zero-order chi connectivity index (χ0) is 13.0. The molecule has 0 aromatic carbocycles. The van der Waals surface area contributed by atoms with Crippen molar-refractivity contribution in [3.8, 4) is 0 Å². The lowest BCUT2D eigenvalue weighted by molar-refractivity contribution is -0.386. The Morgan fingerprint density at radius 1 is 1.59 bits per heavy atom. The minimum absolute atomic E-state index is 0.00562. The smallest absolute Gasteiger partial charge is 0.329 e. The molecule has 0 atom stereocenters. The first-order valence-corrected chi connectivity index (χ1v) is 4.82. The largest absolute Gasteiger partial charge is 0.480 e. The molecule has 17 heavy (non-hydrogen) atoms. The van der Waals surface area contributed by atoms with E-state index in [4.69, 9.17) is 9.84 Å². The number of hydrogen-bond acceptors (Lipinski definition) is 5. The van der Waals surface area contributed by atoms with Gasteiger partial charge < -0.3 is 9.84 Å².